The molecule has 1 aromatic carbocycles. The van der Waals surface area contributed by atoms with E-state index in [9.17, 15) is 14.3 Å². The molecule has 0 aliphatic rings. The van der Waals surface area contributed by atoms with E-state index in [1.54, 1.807) is 25.1 Å². The van der Waals surface area contributed by atoms with E-state index < -0.39 is 5.97 Å². The largest absolute Gasteiger partial charge is 0.478 e. The Hall–Kier alpha value is -2.76. The lowest BCUT2D eigenvalue weighted by molar-refractivity contribution is 0.0699. The van der Waals surface area contributed by atoms with Crippen LogP contribution in [0.4, 0.5) is 4.39 Å². The standard InChI is InChI=1S/C15H12FN3O2/c1-8-7-12(10-3-5-11(16)6-4-10)13(15(20)21)14-17-9(2)18-19(8)14/h3-7H,1-2H3,(H,20,21). The molecule has 2 heterocycles. The second-order valence-electron chi connectivity index (χ2n) is 4.78. The van der Waals surface area contributed by atoms with Gasteiger partial charge in [-0.1, -0.05) is 12.1 Å². The Balaban J connectivity index is 2.38. The highest BCUT2D eigenvalue weighted by Crippen LogP contribution is 2.28. The van der Waals surface area contributed by atoms with E-state index in [0.717, 1.165) is 5.69 Å². The van der Waals surface area contributed by atoms with E-state index in [1.165, 1.54) is 16.6 Å². The van der Waals surface area contributed by atoms with Gasteiger partial charge in [0.2, 0.25) is 0 Å². The molecule has 0 bridgehead atoms. The van der Waals surface area contributed by atoms with Gasteiger partial charge < -0.3 is 5.11 Å². The number of rotatable bonds is 2. The van der Waals surface area contributed by atoms with E-state index in [2.05, 4.69) is 10.1 Å². The van der Waals surface area contributed by atoms with Gasteiger partial charge in [0.25, 0.3) is 0 Å². The lowest BCUT2D eigenvalue weighted by Gasteiger charge is -2.09. The first-order chi connectivity index (χ1) is 9.97. The number of fused-ring (bicyclic) bond motifs is 1. The highest BCUT2D eigenvalue weighted by atomic mass is 19.1. The average molecular weight is 285 g/mol. The highest BCUT2D eigenvalue weighted by molar-refractivity contribution is 6.02. The molecule has 2 aromatic heterocycles. The lowest BCUT2D eigenvalue weighted by Crippen LogP contribution is -2.06. The van der Waals surface area contributed by atoms with Crippen LogP contribution >= 0.6 is 0 Å². The van der Waals surface area contributed by atoms with Crippen LogP contribution in [-0.2, 0) is 0 Å². The number of aromatic nitrogens is 3. The molecule has 0 fully saturated rings. The lowest BCUT2D eigenvalue weighted by atomic mass is 10.00. The van der Waals surface area contributed by atoms with Crippen molar-refractivity contribution in [1.82, 2.24) is 14.6 Å². The minimum Gasteiger partial charge on any atom is -0.478 e. The fourth-order valence-electron chi connectivity index (χ4n) is 2.35. The zero-order valence-corrected chi connectivity index (χ0v) is 11.5. The van der Waals surface area contributed by atoms with Crippen LogP contribution in [0.3, 0.4) is 0 Å². The SMILES string of the molecule is Cc1nc2c(C(=O)O)c(-c3ccc(F)cc3)cc(C)n2n1. The molecule has 0 radical (unpaired) electrons. The van der Waals surface area contributed by atoms with E-state index in [0.29, 0.717) is 22.6 Å². The number of carboxylic acid groups (broad SMARTS) is 1. The van der Waals surface area contributed by atoms with Crippen LogP contribution in [0, 0.1) is 19.7 Å². The predicted octanol–water partition coefficient (Wildman–Crippen LogP) is 2.85. The van der Waals surface area contributed by atoms with Gasteiger partial charge in [-0.2, -0.15) is 5.10 Å². The predicted molar refractivity (Wildman–Crippen MR) is 74.8 cm³/mol. The smallest absolute Gasteiger partial charge is 0.340 e. The zero-order chi connectivity index (χ0) is 15.1. The summed E-state index contributed by atoms with van der Waals surface area (Å²) in [5.74, 6) is -0.963. The van der Waals surface area contributed by atoms with Crippen LogP contribution in [0.15, 0.2) is 30.3 Å². The van der Waals surface area contributed by atoms with Gasteiger partial charge in [0, 0.05) is 11.3 Å². The minimum atomic E-state index is -1.09. The van der Waals surface area contributed by atoms with E-state index in [1.807, 2.05) is 6.92 Å². The summed E-state index contributed by atoms with van der Waals surface area (Å²) in [6.07, 6.45) is 0. The van der Waals surface area contributed by atoms with Crippen molar-refractivity contribution in [2.45, 2.75) is 13.8 Å². The number of benzene rings is 1. The van der Waals surface area contributed by atoms with E-state index >= 15 is 0 Å². The van der Waals surface area contributed by atoms with Crippen molar-refractivity contribution in [1.29, 1.82) is 0 Å². The van der Waals surface area contributed by atoms with Crippen LogP contribution in [0.2, 0.25) is 0 Å². The fourth-order valence-corrected chi connectivity index (χ4v) is 2.35. The summed E-state index contributed by atoms with van der Waals surface area (Å²) in [4.78, 5) is 15.8. The fraction of sp³-hybridized carbons (Fsp3) is 0.133. The van der Waals surface area contributed by atoms with Gasteiger partial charge in [0.1, 0.15) is 17.2 Å². The molecular formula is C15H12FN3O2. The Kier molecular flexibility index (Phi) is 2.94. The normalized spacial score (nSPS) is 11.0. The van der Waals surface area contributed by atoms with Crippen LogP contribution in [0.25, 0.3) is 16.8 Å². The number of aromatic carboxylic acids is 1. The quantitative estimate of drug-likeness (QED) is 0.786. The van der Waals surface area contributed by atoms with Crippen molar-refractivity contribution < 1.29 is 14.3 Å². The second-order valence-corrected chi connectivity index (χ2v) is 4.78. The number of hydrogen-bond donors (Lipinski definition) is 1. The van der Waals surface area contributed by atoms with E-state index in [4.69, 9.17) is 0 Å². The van der Waals surface area contributed by atoms with Crippen molar-refractivity contribution in [3.05, 3.63) is 53.2 Å². The van der Waals surface area contributed by atoms with Crippen molar-refractivity contribution in [2.75, 3.05) is 0 Å². The number of pyridine rings is 1. The van der Waals surface area contributed by atoms with Gasteiger partial charge in [-0.05, 0) is 37.6 Å². The van der Waals surface area contributed by atoms with Gasteiger partial charge in [0.15, 0.2) is 5.65 Å². The highest BCUT2D eigenvalue weighted by Gasteiger charge is 2.20. The van der Waals surface area contributed by atoms with Gasteiger partial charge in [0.05, 0.1) is 0 Å². The van der Waals surface area contributed by atoms with Gasteiger partial charge in [-0.15, -0.1) is 0 Å². The van der Waals surface area contributed by atoms with Gasteiger partial charge >= 0.3 is 5.97 Å². The Labute approximate surface area is 119 Å². The molecule has 0 aliphatic heterocycles. The number of hydrogen-bond acceptors (Lipinski definition) is 3. The molecule has 0 saturated carbocycles. The molecule has 0 saturated heterocycles. The first-order valence-corrected chi connectivity index (χ1v) is 6.33. The molecule has 1 N–H and O–H groups in total. The molecule has 0 aliphatic carbocycles. The monoisotopic (exact) mass is 285 g/mol. The molecule has 5 nitrogen and oxygen atoms in total. The molecule has 21 heavy (non-hydrogen) atoms. The van der Waals surface area contributed by atoms with Crippen LogP contribution in [-0.4, -0.2) is 25.7 Å². The summed E-state index contributed by atoms with van der Waals surface area (Å²) < 4.78 is 14.6. The molecule has 3 rings (SSSR count). The Morgan fingerprint density at radius 1 is 1.24 bits per heavy atom. The Morgan fingerprint density at radius 2 is 1.90 bits per heavy atom. The Bertz CT molecular complexity index is 853. The first-order valence-electron chi connectivity index (χ1n) is 6.33. The third-order valence-electron chi connectivity index (χ3n) is 3.26. The molecule has 0 amide bonds. The summed E-state index contributed by atoms with van der Waals surface area (Å²) in [5.41, 5.74) is 2.24. The molecule has 106 valence electrons. The maximum Gasteiger partial charge on any atom is 0.340 e. The maximum atomic E-state index is 13.1. The summed E-state index contributed by atoms with van der Waals surface area (Å²) in [5, 5.41) is 13.7. The molecular weight excluding hydrogens is 273 g/mol. The first kappa shape index (κ1) is 13.2. The topological polar surface area (TPSA) is 67.5 Å². The molecule has 6 heteroatoms. The average Bonchev–Trinajstić information content (AvgIpc) is 2.81. The van der Waals surface area contributed by atoms with Crippen molar-refractivity contribution >= 4 is 11.6 Å². The van der Waals surface area contributed by atoms with Gasteiger partial charge in [-0.3, -0.25) is 0 Å². The number of nitrogens with zero attached hydrogens (tertiary/aromatic N) is 3. The summed E-state index contributed by atoms with van der Waals surface area (Å²) in [6, 6.07) is 7.43. The van der Waals surface area contributed by atoms with E-state index in [-0.39, 0.29) is 11.4 Å². The third-order valence-corrected chi connectivity index (χ3v) is 3.26. The zero-order valence-electron chi connectivity index (χ0n) is 11.5. The van der Waals surface area contributed by atoms with Crippen molar-refractivity contribution in [2.24, 2.45) is 0 Å². The summed E-state index contributed by atoms with van der Waals surface area (Å²) in [6.45, 7) is 3.52. The maximum absolute atomic E-state index is 13.1. The third kappa shape index (κ3) is 2.14. The molecule has 0 atom stereocenters. The molecule has 0 spiro atoms. The second kappa shape index (κ2) is 4.66. The van der Waals surface area contributed by atoms with Crippen LogP contribution in [0.1, 0.15) is 21.9 Å². The Morgan fingerprint density at radius 3 is 2.52 bits per heavy atom. The number of aryl methyl sites for hydroxylation is 2. The number of carboxylic acids is 1. The number of carbonyl (C=O) groups is 1. The number of halogens is 1. The van der Waals surface area contributed by atoms with Crippen LogP contribution < -0.4 is 0 Å². The van der Waals surface area contributed by atoms with Gasteiger partial charge in [-0.25, -0.2) is 18.7 Å². The minimum absolute atomic E-state index is 0.0628. The summed E-state index contributed by atoms with van der Waals surface area (Å²) in [7, 11) is 0. The molecule has 3 aromatic rings. The van der Waals surface area contributed by atoms with Crippen molar-refractivity contribution in [3.63, 3.8) is 0 Å². The van der Waals surface area contributed by atoms with Crippen LogP contribution in [0.5, 0.6) is 0 Å². The summed E-state index contributed by atoms with van der Waals surface area (Å²) >= 11 is 0. The van der Waals surface area contributed by atoms with Crippen molar-refractivity contribution in [3.8, 4) is 11.1 Å². The molecule has 0 unspecified atom stereocenters.